The van der Waals surface area contributed by atoms with Gasteiger partial charge < -0.3 is 10.5 Å². The van der Waals surface area contributed by atoms with Crippen molar-refractivity contribution >= 4 is 43.0 Å². The molecule has 1 aliphatic heterocycles. The second-order valence-corrected chi connectivity index (χ2v) is 2.19. The second-order valence-electron chi connectivity index (χ2n) is 2.19. The Hall–Kier alpha value is -1.27. The van der Waals surface area contributed by atoms with E-state index in [4.69, 9.17) is 10.5 Å². The Morgan fingerprint density at radius 2 is 2.21 bits per heavy atom. The third kappa shape index (κ3) is 2.61. The summed E-state index contributed by atoms with van der Waals surface area (Å²) in [4.78, 5) is 7.71. The summed E-state index contributed by atoms with van der Waals surface area (Å²) in [6, 6.07) is 1.71. The quantitative estimate of drug-likeness (QED) is 0.776. The predicted octanol–water partition coefficient (Wildman–Crippen LogP) is 0.640. The first kappa shape index (κ1) is 12.7. The number of rotatable bonds is 1. The summed E-state index contributed by atoms with van der Waals surface area (Å²) < 4.78 is 4.88. The van der Waals surface area contributed by atoms with Gasteiger partial charge in [0.25, 0.3) is 0 Å². The fourth-order valence-corrected chi connectivity index (χ4v) is 0.860. The van der Waals surface area contributed by atoms with E-state index in [-0.39, 0.29) is 30.8 Å². The molecule has 14 heavy (non-hydrogen) atoms. The summed E-state index contributed by atoms with van der Waals surface area (Å²) in [6.07, 6.45) is 2.93. The topological polar surface area (TPSA) is 76.6 Å². The van der Waals surface area contributed by atoms with Crippen molar-refractivity contribution in [1.82, 2.24) is 9.97 Å². The Balaban J connectivity index is 0.000000845. The van der Waals surface area contributed by atoms with Crippen molar-refractivity contribution in [3.63, 3.8) is 0 Å². The minimum Gasteiger partial charge on any atom is -0.459 e. The second kappa shape index (κ2) is 5.46. The monoisotopic (exact) mass is 237 g/mol. The van der Waals surface area contributed by atoms with E-state index >= 15 is 0 Å². The van der Waals surface area contributed by atoms with Gasteiger partial charge in [0, 0.05) is 12.3 Å². The molecule has 1 aromatic heterocycles. The standard InChI is InChI=1S/C6H7N5O.2ClH/c7-6-8-2-1-5(10-6)11-4-12-3-9-11;;/h1-3H,4H2,(H2,7,8,10);2*1H. The first-order valence-electron chi connectivity index (χ1n) is 3.36. The third-order valence-electron chi connectivity index (χ3n) is 1.38. The normalized spacial score (nSPS) is 12.7. The first-order valence-corrected chi connectivity index (χ1v) is 3.36. The maximum Gasteiger partial charge on any atom is 0.221 e. The molecule has 0 unspecified atom stereocenters. The number of nitrogens with zero attached hydrogens (tertiary/aromatic N) is 4. The molecule has 0 spiro atoms. The molecule has 2 heterocycles. The number of aromatic nitrogens is 2. The maximum atomic E-state index is 5.38. The van der Waals surface area contributed by atoms with E-state index in [0.29, 0.717) is 12.5 Å². The van der Waals surface area contributed by atoms with E-state index in [1.807, 2.05) is 0 Å². The average Bonchev–Trinajstić information content (AvgIpc) is 2.56. The summed E-state index contributed by atoms with van der Waals surface area (Å²) in [5.74, 6) is 0.867. The summed E-state index contributed by atoms with van der Waals surface area (Å²) >= 11 is 0. The Kier molecular flexibility index (Phi) is 4.96. The van der Waals surface area contributed by atoms with Crippen LogP contribution < -0.4 is 10.7 Å². The number of halogens is 2. The van der Waals surface area contributed by atoms with Crippen molar-refractivity contribution in [2.45, 2.75) is 0 Å². The lowest BCUT2D eigenvalue weighted by molar-refractivity contribution is 0.349. The molecule has 0 amide bonds. The van der Waals surface area contributed by atoms with E-state index in [1.54, 1.807) is 17.3 Å². The van der Waals surface area contributed by atoms with Gasteiger partial charge in [-0.3, -0.25) is 0 Å². The van der Waals surface area contributed by atoms with E-state index in [2.05, 4.69) is 15.1 Å². The Morgan fingerprint density at radius 3 is 2.79 bits per heavy atom. The summed E-state index contributed by atoms with van der Waals surface area (Å²) in [5.41, 5.74) is 5.38. The molecule has 0 bridgehead atoms. The molecule has 6 nitrogen and oxygen atoms in total. The number of nitrogen functional groups attached to an aromatic ring is 1. The highest BCUT2D eigenvalue weighted by atomic mass is 35.5. The molecule has 1 aromatic rings. The molecule has 0 aliphatic carbocycles. The zero-order chi connectivity index (χ0) is 8.39. The fraction of sp³-hybridized carbons (Fsp3) is 0.167. The molecule has 0 saturated carbocycles. The number of hydrazone groups is 1. The number of hydrogen-bond donors (Lipinski definition) is 1. The molecular formula is C6H9Cl2N5O. The van der Waals surface area contributed by atoms with Gasteiger partial charge >= 0.3 is 0 Å². The molecule has 0 aromatic carbocycles. The molecule has 0 fully saturated rings. The Labute approximate surface area is 93.0 Å². The van der Waals surface area contributed by atoms with Crippen LogP contribution in [0.3, 0.4) is 0 Å². The average molecular weight is 238 g/mol. The molecule has 0 atom stereocenters. The summed E-state index contributed by atoms with van der Waals surface area (Å²) in [5, 5.41) is 5.47. The van der Waals surface area contributed by atoms with Crippen LogP contribution in [0.1, 0.15) is 0 Å². The molecule has 78 valence electrons. The molecule has 2 N–H and O–H groups in total. The molecular weight excluding hydrogens is 229 g/mol. The Bertz CT molecular complexity index is 321. The minimum absolute atomic E-state index is 0. The van der Waals surface area contributed by atoms with E-state index in [0.717, 1.165) is 0 Å². The molecule has 8 heteroatoms. The van der Waals surface area contributed by atoms with Crippen LogP contribution in [0, 0.1) is 0 Å². The van der Waals surface area contributed by atoms with Crippen LogP contribution in [0.2, 0.25) is 0 Å². The zero-order valence-corrected chi connectivity index (χ0v) is 8.66. The van der Waals surface area contributed by atoms with Gasteiger partial charge in [0.15, 0.2) is 18.9 Å². The number of nitrogens with two attached hydrogens (primary N) is 1. The van der Waals surface area contributed by atoms with Gasteiger partial charge in [-0.25, -0.2) is 9.99 Å². The van der Waals surface area contributed by atoms with Gasteiger partial charge in [-0.1, -0.05) is 0 Å². The fourth-order valence-electron chi connectivity index (χ4n) is 0.860. The van der Waals surface area contributed by atoms with Crippen LogP contribution >= 0.6 is 24.8 Å². The van der Waals surface area contributed by atoms with Crippen molar-refractivity contribution < 1.29 is 4.74 Å². The van der Waals surface area contributed by atoms with Gasteiger partial charge in [-0.2, -0.15) is 4.98 Å². The van der Waals surface area contributed by atoms with Crippen molar-refractivity contribution in [1.29, 1.82) is 0 Å². The smallest absolute Gasteiger partial charge is 0.221 e. The van der Waals surface area contributed by atoms with Crippen LogP contribution in [-0.4, -0.2) is 23.1 Å². The van der Waals surface area contributed by atoms with E-state index in [9.17, 15) is 0 Å². The third-order valence-corrected chi connectivity index (χ3v) is 1.38. The maximum absolute atomic E-state index is 5.38. The van der Waals surface area contributed by atoms with Gasteiger partial charge in [0.2, 0.25) is 5.95 Å². The van der Waals surface area contributed by atoms with Gasteiger partial charge in [0.1, 0.15) is 0 Å². The van der Waals surface area contributed by atoms with Crippen LogP contribution in [0.4, 0.5) is 11.8 Å². The zero-order valence-electron chi connectivity index (χ0n) is 7.03. The molecule has 0 radical (unpaired) electrons. The highest BCUT2D eigenvalue weighted by Gasteiger charge is 2.10. The Morgan fingerprint density at radius 1 is 1.43 bits per heavy atom. The largest absolute Gasteiger partial charge is 0.459 e. The van der Waals surface area contributed by atoms with E-state index in [1.165, 1.54) is 6.40 Å². The van der Waals surface area contributed by atoms with Gasteiger partial charge in [-0.05, 0) is 0 Å². The molecule has 1 aliphatic rings. The number of ether oxygens (including phenoxy) is 1. The first-order chi connectivity index (χ1) is 5.86. The molecule has 2 rings (SSSR count). The summed E-state index contributed by atoms with van der Waals surface area (Å²) in [6.45, 7) is 0.371. The van der Waals surface area contributed by atoms with E-state index < -0.39 is 0 Å². The SMILES string of the molecule is Cl.Cl.Nc1nccc(N2COC=N2)n1. The number of anilines is 2. The van der Waals surface area contributed by atoms with Gasteiger partial charge in [0.05, 0.1) is 0 Å². The lowest BCUT2D eigenvalue weighted by Crippen LogP contribution is -2.15. The highest BCUT2D eigenvalue weighted by Crippen LogP contribution is 2.12. The van der Waals surface area contributed by atoms with Gasteiger partial charge in [-0.15, -0.1) is 29.9 Å². The lowest BCUT2D eigenvalue weighted by atomic mass is 10.6. The van der Waals surface area contributed by atoms with Crippen molar-refractivity contribution in [2.24, 2.45) is 5.10 Å². The van der Waals surface area contributed by atoms with Crippen molar-refractivity contribution in [3.05, 3.63) is 12.3 Å². The highest BCUT2D eigenvalue weighted by molar-refractivity contribution is 5.85. The predicted molar refractivity (Wildman–Crippen MR) is 57.9 cm³/mol. The minimum atomic E-state index is 0. The van der Waals surface area contributed by atoms with Crippen molar-refractivity contribution in [3.8, 4) is 0 Å². The van der Waals surface area contributed by atoms with Crippen LogP contribution in [0.15, 0.2) is 17.4 Å². The van der Waals surface area contributed by atoms with Crippen molar-refractivity contribution in [2.75, 3.05) is 17.5 Å². The van der Waals surface area contributed by atoms with Crippen LogP contribution in [0.5, 0.6) is 0 Å². The van der Waals surface area contributed by atoms with Crippen LogP contribution in [0.25, 0.3) is 0 Å². The number of hydrogen-bond acceptors (Lipinski definition) is 6. The lowest BCUT2D eigenvalue weighted by Gasteiger charge is -2.09. The molecule has 0 saturated heterocycles. The summed E-state index contributed by atoms with van der Waals surface area (Å²) in [7, 11) is 0. The van der Waals surface area contributed by atoms with Crippen LogP contribution in [-0.2, 0) is 4.74 Å².